The van der Waals surface area contributed by atoms with E-state index in [-0.39, 0.29) is 18.3 Å². The third kappa shape index (κ3) is 7.34. The zero-order valence-electron chi connectivity index (χ0n) is 14.0. The fourth-order valence-electron chi connectivity index (χ4n) is 2.78. The van der Waals surface area contributed by atoms with Crippen molar-refractivity contribution in [1.82, 2.24) is 10.6 Å². The number of carbonyl (C=O) groups excluding carboxylic acids is 1. The van der Waals surface area contributed by atoms with E-state index in [4.69, 9.17) is 4.74 Å². The second-order valence-electron chi connectivity index (χ2n) is 6.00. The zero-order valence-corrected chi connectivity index (χ0v) is 14.8. The van der Waals surface area contributed by atoms with Crippen LogP contribution >= 0.6 is 12.4 Å². The fourth-order valence-corrected chi connectivity index (χ4v) is 2.78. The average Bonchev–Trinajstić information content (AvgIpc) is 3.05. The van der Waals surface area contributed by atoms with Crippen molar-refractivity contribution >= 4 is 18.3 Å². The molecule has 0 aliphatic carbocycles. The first-order valence-electron chi connectivity index (χ1n) is 8.41. The predicted molar refractivity (Wildman–Crippen MR) is 95.7 cm³/mol. The summed E-state index contributed by atoms with van der Waals surface area (Å²) >= 11 is 0. The second-order valence-corrected chi connectivity index (χ2v) is 6.00. The van der Waals surface area contributed by atoms with Crippen LogP contribution in [0.3, 0.4) is 0 Å². The van der Waals surface area contributed by atoms with Gasteiger partial charge in [-0.05, 0) is 49.4 Å². The highest BCUT2D eigenvalue weighted by Gasteiger charge is 2.15. The van der Waals surface area contributed by atoms with Crippen LogP contribution in [0.15, 0.2) is 24.3 Å². The van der Waals surface area contributed by atoms with Gasteiger partial charge in [-0.15, -0.1) is 12.4 Å². The van der Waals surface area contributed by atoms with Crippen molar-refractivity contribution < 1.29 is 9.53 Å². The summed E-state index contributed by atoms with van der Waals surface area (Å²) in [6, 6.07) is 8.16. The van der Waals surface area contributed by atoms with Gasteiger partial charge < -0.3 is 15.4 Å². The molecule has 1 unspecified atom stereocenters. The lowest BCUT2D eigenvalue weighted by Gasteiger charge is -2.12. The van der Waals surface area contributed by atoms with Crippen molar-refractivity contribution in [2.24, 2.45) is 5.92 Å². The van der Waals surface area contributed by atoms with Gasteiger partial charge in [0.25, 0.3) is 0 Å². The normalized spacial score (nSPS) is 16.8. The van der Waals surface area contributed by atoms with Gasteiger partial charge in [0.2, 0.25) is 5.91 Å². The molecule has 1 amide bonds. The second kappa shape index (κ2) is 11.4. The Morgan fingerprint density at radius 3 is 2.83 bits per heavy atom. The number of rotatable bonds is 9. The summed E-state index contributed by atoms with van der Waals surface area (Å²) in [6.07, 6.45) is 3.83. The molecule has 1 saturated heterocycles. The standard InChI is InChI=1S/C18H28N2O2.ClH/c1-2-11-22-14-17-6-4-3-5-16(17)13-20-18(21)8-7-15-9-10-19-12-15;/h3-6,15,19H,2,7-14H2,1H3,(H,20,21);1H. The molecule has 0 bridgehead atoms. The van der Waals surface area contributed by atoms with Crippen molar-refractivity contribution in [2.75, 3.05) is 19.7 Å². The van der Waals surface area contributed by atoms with Gasteiger partial charge in [0, 0.05) is 19.6 Å². The minimum Gasteiger partial charge on any atom is -0.377 e. The van der Waals surface area contributed by atoms with Crippen LogP contribution in [0.1, 0.15) is 43.7 Å². The largest absolute Gasteiger partial charge is 0.377 e. The lowest BCUT2D eigenvalue weighted by Crippen LogP contribution is -2.24. The summed E-state index contributed by atoms with van der Waals surface area (Å²) in [4.78, 5) is 12.0. The number of hydrogen-bond donors (Lipinski definition) is 2. The van der Waals surface area contributed by atoms with Crippen LogP contribution in [-0.2, 0) is 22.7 Å². The van der Waals surface area contributed by atoms with Gasteiger partial charge in [0.15, 0.2) is 0 Å². The topological polar surface area (TPSA) is 50.4 Å². The Hall–Kier alpha value is -1.10. The Labute approximate surface area is 145 Å². The highest BCUT2D eigenvalue weighted by atomic mass is 35.5. The Morgan fingerprint density at radius 1 is 1.35 bits per heavy atom. The molecular formula is C18H29ClN2O2. The van der Waals surface area contributed by atoms with Gasteiger partial charge in [0.1, 0.15) is 0 Å². The molecule has 1 aliphatic rings. The molecule has 0 radical (unpaired) electrons. The highest BCUT2D eigenvalue weighted by Crippen LogP contribution is 2.14. The number of halogens is 1. The third-order valence-corrected chi connectivity index (χ3v) is 4.14. The van der Waals surface area contributed by atoms with E-state index >= 15 is 0 Å². The molecule has 5 heteroatoms. The molecule has 2 rings (SSSR count). The van der Waals surface area contributed by atoms with Crippen LogP contribution < -0.4 is 10.6 Å². The molecule has 4 nitrogen and oxygen atoms in total. The molecule has 1 aromatic carbocycles. The number of nitrogens with one attached hydrogen (secondary N) is 2. The van der Waals surface area contributed by atoms with Crippen LogP contribution in [0.4, 0.5) is 0 Å². The summed E-state index contributed by atoms with van der Waals surface area (Å²) in [5, 5.41) is 6.38. The van der Waals surface area contributed by atoms with E-state index in [0.29, 0.717) is 25.5 Å². The number of benzene rings is 1. The minimum absolute atomic E-state index is 0. The molecule has 1 aromatic rings. The van der Waals surface area contributed by atoms with Gasteiger partial charge >= 0.3 is 0 Å². The van der Waals surface area contributed by atoms with Gasteiger partial charge in [-0.1, -0.05) is 31.2 Å². The zero-order chi connectivity index (χ0) is 15.6. The van der Waals surface area contributed by atoms with Crippen molar-refractivity contribution in [3.05, 3.63) is 35.4 Å². The number of ether oxygens (including phenoxy) is 1. The number of amides is 1. The summed E-state index contributed by atoms with van der Waals surface area (Å²) in [5.41, 5.74) is 2.31. The van der Waals surface area contributed by atoms with Gasteiger partial charge in [-0.2, -0.15) is 0 Å². The Balaban J connectivity index is 0.00000264. The summed E-state index contributed by atoms with van der Waals surface area (Å²) in [6.45, 7) is 6.24. The van der Waals surface area contributed by atoms with Gasteiger partial charge in [-0.3, -0.25) is 4.79 Å². The van der Waals surface area contributed by atoms with Crippen molar-refractivity contribution in [3.8, 4) is 0 Å². The van der Waals surface area contributed by atoms with Crippen molar-refractivity contribution in [2.45, 2.75) is 45.8 Å². The maximum absolute atomic E-state index is 12.0. The first-order valence-corrected chi connectivity index (χ1v) is 8.41. The quantitative estimate of drug-likeness (QED) is 0.679. The molecule has 0 saturated carbocycles. The molecule has 0 aromatic heterocycles. The number of hydrogen-bond acceptors (Lipinski definition) is 3. The monoisotopic (exact) mass is 340 g/mol. The van der Waals surface area contributed by atoms with Crippen molar-refractivity contribution in [3.63, 3.8) is 0 Å². The lowest BCUT2D eigenvalue weighted by molar-refractivity contribution is -0.121. The van der Waals surface area contributed by atoms with E-state index in [1.54, 1.807) is 0 Å². The molecule has 0 spiro atoms. The number of carbonyl (C=O) groups is 1. The van der Waals surface area contributed by atoms with Crippen LogP contribution in [0, 0.1) is 5.92 Å². The first-order chi connectivity index (χ1) is 10.8. The highest BCUT2D eigenvalue weighted by molar-refractivity contribution is 5.85. The summed E-state index contributed by atoms with van der Waals surface area (Å²) in [7, 11) is 0. The van der Waals surface area contributed by atoms with E-state index in [9.17, 15) is 4.79 Å². The molecule has 1 heterocycles. The molecule has 130 valence electrons. The Morgan fingerprint density at radius 2 is 2.13 bits per heavy atom. The van der Waals surface area contributed by atoms with Crippen LogP contribution in [0.2, 0.25) is 0 Å². The first kappa shape index (κ1) is 19.9. The Bertz CT molecular complexity index is 462. The fraction of sp³-hybridized carbons (Fsp3) is 0.611. The Kier molecular flexibility index (Phi) is 9.92. The SMILES string of the molecule is CCCOCc1ccccc1CNC(=O)CCC1CCNC1.Cl. The van der Waals surface area contributed by atoms with Crippen LogP contribution in [-0.4, -0.2) is 25.6 Å². The summed E-state index contributed by atoms with van der Waals surface area (Å²) in [5.74, 6) is 0.816. The van der Waals surface area contributed by atoms with Gasteiger partial charge in [-0.25, -0.2) is 0 Å². The van der Waals surface area contributed by atoms with Crippen LogP contribution in [0.5, 0.6) is 0 Å². The lowest BCUT2D eigenvalue weighted by atomic mass is 10.0. The molecule has 23 heavy (non-hydrogen) atoms. The molecular weight excluding hydrogens is 312 g/mol. The molecule has 2 N–H and O–H groups in total. The molecule has 1 fully saturated rings. The van der Waals surface area contributed by atoms with Gasteiger partial charge in [0.05, 0.1) is 6.61 Å². The van der Waals surface area contributed by atoms with E-state index in [2.05, 4.69) is 29.7 Å². The van der Waals surface area contributed by atoms with Crippen LogP contribution in [0.25, 0.3) is 0 Å². The predicted octanol–water partition coefficient (Wildman–Crippen LogP) is 3.04. The van der Waals surface area contributed by atoms with E-state index in [0.717, 1.165) is 43.7 Å². The van der Waals surface area contributed by atoms with E-state index in [1.165, 1.54) is 6.42 Å². The maximum Gasteiger partial charge on any atom is 0.220 e. The van der Waals surface area contributed by atoms with E-state index in [1.807, 2.05) is 12.1 Å². The molecule has 1 atom stereocenters. The summed E-state index contributed by atoms with van der Waals surface area (Å²) < 4.78 is 5.61. The molecule has 1 aliphatic heterocycles. The van der Waals surface area contributed by atoms with Crippen molar-refractivity contribution in [1.29, 1.82) is 0 Å². The van der Waals surface area contributed by atoms with E-state index < -0.39 is 0 Å². The smallest absolute Gasteiger partial charge is 0.220 e. The minimum atomic E-state index is 0. The maximum atomic E-state index is 12.0. The average molecular weight is 341 g/mol. The third-order valence-electron chi connectivity index (χ3n) is 4.14.